The third kappa shape index (κ3) is 4.97. The molecule has 3 aliphatic rings. The third-order valence-electron chi connectivity index (χ3n) is 7.94. The van der Waals surface area contributed by atoms with Crippen LogP contribution in [0.25, 0.3) is 5.65 Å². The average Bonchev–Trinajstić information content (AvgIpc) is 3.43. The van der Waals surface area contributed by atoms with Crippen LogP contribution in [0.15, 0.2) is 36.8 Å². The van der Waals surface area contributed by atoms with Gasteiger partial charge in [-0.15, -0.1) is 0 Å². The molecule has 0 aliphatic carbocycles. The average molecular weight is 534 g/mol. The van der Waals surface area contributed by atoms with Crippen LogP contribution in [-0.2, 0) is 11.3 Å². The van der Waals surface area contributed by atoms with Crippen LogP contribution >= 0.6 is 0 Å². The van der Waals surface area contributed by atoms with E-state index in [4.69, 9.17) is 4.74 Å². The first-order valence-corrected chi connectivity index (χ1v) is 13.5. The number of carbonyl (C=O) groups is 2. The molecular weight excluding hydrogens is 498 g/mol. The number of hydrogen-bond acceptors (Lipinski definition) is 8. The number of amides is 2. The van der Waals surface area contributed by atoms with E-state index in [0.29, 0.717) is 41.5 Å². The van der Waals surface area contributed by atoms with Gasteiger partial charge in [0.25, 0.3) is 11.8 Å². The number of hydrogen-bond donors (Lipinski definition) is 2. The molecule has 11 heteroatoms. The van der Waals surface area contributed by atoms with Crippen molar-refractivity contribution in [2.45, 2.75) is 51.4 Å². The number of rotatable bonds is 7. The first-order chi connectivity index (χ1) is 18.7. The topological polar surface area (TPSA) is 116 Å². The summed E-state index contributed by atoms with van der Waals surface area (Å²) in [5.41, 5.74) is 3.00. The Balaban J connectivity index is 1.30. The van der Waals surface area contributed by atoms with E-state index in [0.717, 1.165) is 50.6 Å². The lowest BCUT2D eigenvalue weighted by Crippen LogP contribution is -2.56. The molecule has 1 atom stereocenters. The highest BCUT2D eigenvalue weighted by atomic mass is 16.5. The van der Waals surface area contributed by atoms with Gasteiger partial charge in [-0.05, 0) is 51.0 Å². The predicted molar refractivity (Wildman–Crippen MR) is 146 cm³/mol. The van der Waals surface area contributed by atoms with Crippen molar-refractivity contribution in [1.29, 1.82) is 0 Å². The fourth-order valence-electron chi connectivity index (χ4n) is 5.86. The molecule has 206 valence electrons. The summed E-state index contributed by atoms with van der Waals surface area (Å²) in [5, 5.41) is 17.7. The number of nitrogens with zero attached hydrogens (tertiary/aromatic N) is 6. The van der Waals surface area contributed by atoms with Crippen LogP contribution in [0.3, 0.4) is 0 Å². The number of nitrogens with one attached hydrogen (secondary N) is 1. The SMILES string of the molecule is C[C@H](CC(C)(C)O)N1Cc2cc(NC(=O)c3cnn4cccnc34)c(N3CCN(C4COC4)CC3)cc2C1=O. The van der Waals surface area contributed by atoms with Gasteiger partial charge in [0, 0.05) is 56.7 Å². The summed E-state index contributed by atoms with van der Waals surface area (Å²) in [6, 6.07) is 5.96. The highest BCUT2D eigenvalue weighted by molar-refractivity contribution is 6.10. The minimum absolute atomic E-state index is 0.0436. The lowest BCUT2D eigenvalue weighted by molar-refractivity contribution is -0.0660. The summed E-state index contributed by atoms with van der Waals surface area (Å²) >= 11 is 0. The molecule has 2 N–H and O–H groups in total. The fourth-order valence-corrected chi connectivity index (χ4v) is 5.86. The number of carbonyl (C=O) groups excluding carboxylic acids is 2. The standard InChI is InChI=1S/C28H35N7O4/c1-18(13-28(2,3)38)34-15-19-11-23(31-26(36)22-14-30-35-6-4-5-29-25(22)35)24(12-21(19)27(34)37)33-9-7-32(8-10-33)20-16-39-17-20/h4-6,11-12,14,18,20,38H,7-10,13,15-17H2,1-3H3,(H,31,36)/t18-/m1/s1. The van der Waals surface area contributed by atoms with Crippen molar-refractivity contribution in [1.82, 2.24) is 24.4 Å². The molecule has 1 aromatic carbocycles. The number of ether oxygens (including phenoxy) is 1. The van der Waals surface area contributed by atoms with Gasteiger partial charge in [-0.1, -0.05) is 0 Å². The molecule has 0 bridgehead atoms. The van der Waals surface area contributed by atoms with Gasteiger partial charge in [0.05, 0.1) is 42.4 Å². The van der Waals surface area contributed by atoms with E-state index in [2.05, 4.69) is 25.2 Å². The molecular formula is C28H35N7O4. The van der Waals surface area contributed by atoms with E-state index < -0.39 is 5.60 Å². The predicted octanol–water partition coefficient (Wildman–Crippen LogP) is 2.01. The van der Waals surface area contributed by atoms with Gasteiger partial charge in [0.2, 0.25) is 0 Å². The zero-order valence-electron chi connectivity index (χ0n) is 22.6. The van der Waals surface area contributed by atoms with Crippen molar-refractivity contribution in [2.75, 3.05) is 49.6 Å². The molecule has 0 spiro atoms. The van der Waals surface area contributed by atoms with Gasteiger partial charge in [-0.2, -0.15) is 5.10 Å². The zero-order valence-corrected chi connectivity index (χ0v) is 22.6. The molecule has 0 unspecified atom stereocenters. The molecule has 2 aromatic heterocycles. The molecule has 11 nitrogen and oxygen atoms in total. The Kier molecular flexibility index (Phi) is 6.52. The summed E-state index contributed by atoms with van der Waals surface area (Å²) in [7, 11) is 0. The highest BCUT2D eigenvalue weighted by Crippen LogP contribution is 2.37. The Labute approximate surface area is 227 Å². The Morgan fingerprint density at radius 1 is 1.23 bits per heavy atom. The van der Waals surface area contributed by atoms with Crippen LogP contribution in [-0.4, -0.2) is 98.4 Å². The molecule has 3 aliphatic heterocycles. The van der Waals surface area contributed by atoms with Crippen LogP contribution in [0.5, 0.6) is 0 Å². The Morgan fingerprint density at radius 3 is 2.69 bits per heavy atom. The zero-order chi connectivity index (χ0) is 27.3. The lowest BCUT2D eigenvalue weighted by Gasteiger charge is -2.43. The molecule has 2 fully saturated rings. The van der Waals surface area contributed by atoms with Crippen molar-refractivity contribution in [3.8, 4) is 0 Å². The summed E-state index contributed by atoms with van der Waals surface area (Å²) < 4.78 is 6.95. The fraction of sp³-hybridized carbons (Fsp3) is 0.500. The number of piperazine rings is 1. The molecule has 6 rings (SSSR count). The van der Waals surface area contributed by atoms with Crippen molar-refractivity contribution in [3.05, 3.63) is 53.5 Å². The van der Waals surface area contributed by atoms with Crippen molar-refractivity contribution < 1.29 is 19.4 Å². The Bertz CT molecular complexity index is 1400. The van der Waals surface area contributed by atoms with Crippen molar-refractivity contribution in [2.24, 2.45) is 0 Å². The molecule has 0 saturated carbocycles. The molecule has 39 heavy (non-hydrogen) atoms. The van der Waals surface area contributed by atoms with Crippen LogP contribution in [0.2, 0.25) is 0 Å². The lowest BCUT2D eigenvalue weighted by atomic mass is 9.99. The summed E-state index contributed by atoms with van der Waals surface area (Å²) in [6.45, 7) is 10.8. The normalized spacial score (nSPS) is 19.3. The van der Waals surface area contributed by atoms with E-state index in [9.17, 15) is 14.7 Å². The first kappa shape index (κ1) is 25.7. The number of anilines is 2. The number of benzene rings is 1. The minimum Gasteiger partial charge on any atom is -0.390 e. The maximum absolute atomic E-state index is 13.5. The number of aromatic nitrogens is 3. The second kappa shape index (κ2) is 9.89. The summed E-state index contributed by atoms with van der Waals surface area (Å²) in [6.07, 6.45) is 5.38. The highest BCUT2D eigenvalue weighted by Gasteiger charge is 2.36. The summed E-state index contributed by atoms with van der Waals surface area (Å²) in [4.78, 5) is 37.8. The monoisotopic (exact) mass is 533 g/mol. The quantitative estimate of drug-likeness (QED) is 0.474. The van der Waals surface area contributed by atoms with E-state index in [1.807, 2.05) is 24.0 Å². The van der Waals surface area contributed by atoms with Crippen molar-refractivity contribution >= 4 is 28.8 Å². The molecule has 2 saturated heterocycles. The number of aliphatic hydroxyl groups is 1. The van der Waals surface area contributed by atoms with Gasteiger partial charge in [-0.25, -0.2) is 9.50 Å². The maximum Gasteiger partial charge on any atom is 0.261 e. The smallest absolute Gasteiger partial charge is 0.261 e. The van der Waals surface area contributed by atoms with Crippen LogP contribution < -0.4 is 10.2 Å². The Morgan fingerprint density at radius 2 is 2.00 bits per heavy atom. The van der Waals surface area contributed by atoms with Gasteiger partial charge in [-0.3, -0.25) is 14.5 Å². The van der Waals surface area contributed by atoms with Crippen LogP contribution in [0.4, 0.5) is 11.4 Å². The van der Waals surface area contributed by atoms with Crippen LogP contribution in [0, 0.1) is 0 Å². The Hall–Kier alpha value is -3.54. The molecule has 3 aromatic rings. The number of fused-ring (bicyclic) bond motifs is 2. The largest absolute Gasteiger partial charge is 0.390 e. The van der Waals surface area contributed by atoms with Gasteiger partial charge < -0.3 is 25.0 Å². The third-order valence-corrected chi connectivity index (χ3v) is 7.94. The van der Waals surface area contributed by atoms with Crippen molar-refractivity contribution in [3.63, 3.8) is 0 Å². The van der Waals surface area contributed by atoms with Crippen LogP contribution in [0.1, 0.15) is 53.5 Å². The van der Waals surface area contributed by atoms with Gasteiger partial charge >= 0.3 is 0 Å². The van der Waals surface area contributed by atoms with E-state index in [1.54, 1.807) is 36.8 Å². The molecule has 2 amide bonds. The van der Waals surface area contributed by atoms with E-state index >= 15 is 0 Å². The molecule has 5 heterocycles. The first-order valence-electron chi connectivity index (χ1n) is 13.5. The summed E-state index contributed by atoms with van der Waals surface area (Å²) in [5.74, 6) is -0.343. The second-order valence-electron chi connectivity index (χ2n) is 11.4. The molecule has 0 radical (unpaired) electrons. The van der Waals surface area contributed by atoms with Gasteiger partial charge in [0.15, 0.2) is 5.65 Å². The maximum atomic E-state index is 13.5. The minimum atomic E-state index is -0.883. The van der Waals surface area contributed by atoms with Gasteiger partial charge in [0.1, 0.15) is 5.56 Å². The van der Waals surface area contributed by atoms with E-state index in [-0.39, 0.29) is 17.9 Å². The second-order valence-corrected chi connectivity index (χ2v) is 11.4. The van der Waals surface area contributed by atoms with E-state index in [1.165, 1.54) is 6.20 Å².